The van der Waals surface area contributed by atoms with E-state index in [1.165, 1.54) is 0 Å². The maximum atomic E-state index is 11.2. The van der Waals surface area contributed by atoms with Crippen LogP contribution in [0.25, 0.3) is 0 Å². The van der Waals surface area contributed by atoms with Crippen molar-refractivity contribution in [2.45, 2.75) is 18.6 Å². The Balaban J connectivity index is 2.16. The summed E-state index contributed by atoms with van der Waals surface area (Å²) in [5, 5.41) is 2.79. The molecule has 0 saturated carbocycles. The molecular weight excluding hydrogens is 190 g/mol. The smallest absolute Gasteiger partial charge is 0.408 e. The third kappa shape index (κ3) is 2.18. The van der Waals surface area contributed by atoms with Gasteiger partial charge in [0.25, 0.3) is 0 Å². The summed E-state index contributed by atoms with van der Waals surface area (Å²) in [6.45, 7) is 3.64. The van der Waals surface area contributed by atoms with Gasteiger partial charge in [-0.25, -0.2) is 4.79 Å². The number of carbonyl (C=O) groups is 1. The van der Waals surface area contributed by atoms with Crippen molar-refractivity contribution in [1.82, 2.24) is 5.32 Å². The van der Waals surface area contributed by atoms with Gasteiger partial charge in [-0.1, -0.05) is 43.0 Å². The number of carbonyl (C=O) groups excluding carboxylic acids is 1. The molecule has 0 unspecified atom stereocenters. The van der Waals surface area contributed by atoms with Gasteiger partial charge in [0.15, 0.2) is 0 Å². The van der Waals surface area contributed by atoms with Gasteiger partial charge in [-0.2, -0.15) is 0 Å². The van der Waals surface area contributed by atoms with Crippen molar-refractivity contribution < 1.29 is 9.53 Å². The highest BCUT2D eigenvalue weighted by Gasteiger charge is 2.26. The Morgan fingerprint density at radius 2 is 2.13 bits per heavy atom. The van der Waals surface area contributed by atoms with Crippen LogP contribution in [-0.2, 0) is 4.74 Å². The Morgan fingerprint density at radius 3 is 2.80 bits per heavy atom. The second-order valence-electron chi connectivity index (χ2n) is 3.52. The molecule has 3 nitrogen and oxygen atoms in total. The van der Waals surface area contributed by atoms with Gasteiger partial charge in [-0.3, -0.25) is 0 Å². The normalized spacial score (nSPS) is 25.2. The molecule has 78 valence electrons. The van der Waals surface area contributed by atoms with Crippen LogP contribution in [0.1, 0.15) is 18.0 Å². The zero-order chi connectivity index (χ0) is 10.7. The van der Waals surface area contributed by atoms with Crippen LogP contribution in [0, 0.1) is 0 Å². The van der Waals surface area contributed by atoms with Crippen LogP contribution < -0.4 is 5.32 Å². The van der Waals surface area contributed by atoms with E-state index >= 15 is 0 Å². The molecular formula is C12H13NO2. The molecule has 15 heavy (non-hydrogen) atoms. The van der Waals surface area contributed by atoms with Gasteiger partial charge < -0.3 is 10.1 Å². The summed E-state index contributed by atoms with van der Waals surface area (Å²) >= 11 is 0. The molecule has 0 aliphatic carbocycles. The minimum atomic E-state index is -0.375. The Hall–Kier alpha value is -1.77. The first-order valence-electron chi connectivity index (χ1n) is 4.94. The average Bonchev–Trinajstić information content (AvgIpc) is 2.29. The van der Waals surface area contributed by atoms with Crippen molar-refractivity contribution in [1.29, 1.82) is 0 Å². The van der Waals surface area contributed by atoms with E-state index in [2.05, 4.69) is 11.9 Å². The van der Waals surface area contributed by atoms with Crippen LogP contribution in [0.5, 0.6) is 0 Å². The first-order chi connectivity index (χ1) is 7.29. The van der Waals surface area contributed by atoms with Gasteiger partial charge in [0, 0.05) is 6.42 Å². The predicted octanol–water partition coefficient (Wildman–Crippen LogP) is 2.41. The first kappa shape index (κ1) is 9.77. The summed E-state index contributed by atoms with van der Waals surface area (Å²) in [6.07, 6.45) is 1.83. The van der Waals surface area contributed by atoms with Gasteiger partial charge in [0.1, 0.15) is 6.10 Å². The zero-order valence-corrected chi connectivity index (χ0v) is 8.35. The molecule has 1 heterocycles. The Morgan fingerprint density at radius 1 is 1.40 bits per heavy atom. The van der Waals surface area contributed by atoms with Crippen LogP contribution in [0.2, 0.25) is 0 Å². The monoisotopic (exact) mass is 203 g/mol. The highest BCUT2D eigenvalue weighted by molar-refractivity contribution is 5.69. The number of benzene rings is 1. The number of rotatable bonds is 2. The molecule has 2 rings (SSSR count). The topological polar surface area (TPSA) is 38.3 Å². The summed E-state index contributed by atoms with van der Waals surface area (Å²) in [7, 11) is 0. The fourth-order valence-corrected chi connectivity index (χ4v) is 1.70. The van der Waals surface area contributed by atoms with Crippen molar-refractivity contribution in [3.8, 4) is 0 Å². The lowest BCUT2D eigenvalue weighted by molar-refractivity contribution is 0.0824. The third-order valence-electron chi connectivity index (χ3n) is 2.48. The van der Waals surface area contributed by atoms with Gasteiger partial charge in [0.05, 0.1) is 6.04 Å². The summed E-state index contributed by atoms with van der Waals surface area (Å²) < 4.78 is 5.02. The maximum Gasteiger partial charge on any atom is 0.408 e. The van der Waals surface area contributed by atoms with E-state index in [9.17, 15) is 4.79 Å². The summed E-state index contributed by atoms with van der Waals surface area (Å²) in [4.78, 5) is 11.2. The number of nitrogens with one attached hydrogen (secondary N) is 1. The van der Waals surface area contributed by atoms with Gasteiger partial charge in [-0.15, -0.1) is 0 Å². The fourth-order valence-electron chi connectivity index (χ4n) is 1.70. The van der Waals surface area contributed by atoms with Gasteiger partial charge in [-0.05, 0) is 5.56 Å². The van der Waals surface area contributed by atoms with Gasteiger partial charge >= 0.3 is 6.09 Å². The summed E-state index contributed by atoms with van der Waals surface area (Å²) in [5.74, 6) is 0. The molecule has 0 aromatic heterocycles. The first-order valence-corrected chi connectivity index (χ1v) is 4.94. The number of alkyl carbamates (subject to hydrolysis) is 1. The van der Waals surface area contributed by atoms with Gasteiger partial charge in [0.2, 0.25) is 0 Å². The third-order valence-corrected chi connectivity index (χ3v) is 2.48. The van der Waals surface area contributed by atoms with Crippen molar-refractivity contribution >= 4 is 6.09 Å². The molecule has 1 aliphatic rings. The van der Waals surface area contributed by atoms with E-state index in [-0.39, 0.29) is 18.2 Å². The molecule has 0 spiro atoms. The Labute approximate surface area is 88.8 Å². The molecule has 0 radical (unpaired) electrons. The number of cyclic esters (lactones) is 1. The van der Waals surface area contributed by atoms with E-state index in [4.69, 9.17) is 4.74 Å². The van der Waals surface area contributed by atoms with E-state index < -0.39 is 0 Å². The molecule has 3 heteroatoms. The fraction of sp³-hybridized carbons (Fsp3) is 0.250. The van der Waals surface area contributed by atoms with Crippen LogP contribution in [0.3, 0.4) is 0 Å². The molecule has 0 bridgehead atoms. The van der Waals surface area contributed by atoms with Crippen molar-refractivity contribution in [2.24, 2.45) is 0 Å². The van der Waals surface area contributed by atoms with E-state index in [1.54, 1.807) is 6.08 Å². The highest BCUT2D eigenvalue weighted by atomic mass is 16.6. The van der Waals surface area contributed by atoms with Crippen molar-refractivity contribution in [2.75, 3.05) is 0 Å². The number of amides is 1. The van der Waals surface area contributed by atoms with Crippen LogP contribution in [-0.4, -0.2) is 12.2 Å². The number of hydrogen-bond acceptors (Lipinski definition) is 2. The molecule has 1 N–H and O–H groups in total. The van der Waals surface area contributed by atoms with Crippen molar-refractivity contribution in [3.05, 3.63) is 48.6 Å². The molecule has 2 atom stereocenters. The predicted molar refractivity (Wildman–Crippen MR) is 57.4 cm³/mol. The average molecular weight is 203 g/mol. The van der Waals surface area contributed by atoms with Crippen LogP contribution in [0.4, 0.5) is 4.79 Å². The summed E-state index contributed by atoms with van der Waals surface area (Å²) in [6, 6.07) is 9.89. The van der Waals surface area contributed by atoms with Crippen LogP contribution >= 0.6 is 0 Å². The highest BCUT2D eigenvalue weighted by Crippen LogP contribution is 2.23. The molecule has 1 fully saturated rings. The second kappa shape index (κ2) is 4.17. The Kier molecular flexibility index (Phi) is 2.72. The van der Waals surface area contributed by atoms with E-state index in [1.807, 2.05) is 30.3 Å². The lowest BCUT2D eigenvalue weighted by atomic mass is 10.00. The van der Waals surface area contributed by atoms with Crippen LogP contribution in [0.15, 0.2) is 43.0 Å². The minimum Gasteiger partial charge on any atom is -0.442 e. The van der Waals surface area contributed by atoms with E-state index in [0.717, 1.165) is 12.0 Å². The standard InChI is InChI=1S/C12H13NO2/c1-2-10-8-11(13-12(14)15-10)9-6-4-3-5-7-9/h2-7,10-11H,1,8H2,(H,13,14)/t10-,11-/m0/s1. The SMILES string of the molecule is C=C[C@H]1C[C@@H](c2ccccc2)NC(=O)O1. The lowest BCUT2D eigenvalue weighted by Crippen LogP contribution is -2.39. The molecule has 1 aromatic rings. The minimum absolute atomic E-state index is 0.0236. The lowest BCUT2D eigenvalue weighted by Gasteiger charge is -2.28. The number of hydrogen-bond donors (Lipinski definition) is 1. The zero-order valence-electron chi connectivity index (χ0n) is 8.35. The molecule has 1 aromatic carbocycles. The largest absolute Gasteiger partial charge is 0.442 e. The number of ether oxygens (including phenoxy) is 1. The molecule has 1 amide bonds. The Bertz CT molecular complexity index is 361. The quantitative estimate of drug-likeness (QED) is 0.749. The molecule has 1 saturated heterocycles. The molecule has 1 aliphatic heterocycles. The summed E-state index contributed by atoms with van der Waals surface area (Å²) in [5.41, 5.74) is 1.10. The maximum absolute atomic E-state index is 11.2. The second-order valence-corrected chi connectivity index (χ2v) is 3.52. The van der Waals surface area contributed by atoms with Crippen molar-refractivity contribution in [3.63, 3.8) is 0 Å². The van der Waals surface area contributed by atoms with E-state index in [0.29, 0.717) is 0 Å².